The first-order valence-corrected chi connectivity index (χ1v) is 15.2. The molecule has 0 fully saturated rings. The Kier molecular flexibility index (Phi) is 6.66. The molecule has 216 valence electrons. The van der Waals surface area contributed by atoms with Crippen LogP contribution in [-0.2, 0) is 16.6 Å². The first kappa shape index (κ1) is 28.0. The highest BCUT2D eigenvalue weighted by atomic mass is 16.3. The van der Waals surface area contributed by atoms with Gasteiger partial charge in [-0.15, -0.1) is 0 Å². The minimum atomic E-state index is -1.47. The van der Waals surface area contributed by atoms with E-state index in [9.17, 15) is 10.2 Å². The van der Waals surface area contributed by atoms with Crippen molar-refractivity contribution >= 4 is 0 Å². The van der Waals surface area contributed by atoms with Crippen molar-refractivity contribution in [2.24, 2.45) is 0 Å². The van der Waals surface area contributed by atoms with E-state index in [1.807, 2.05) is 91.0 Å². The molecule has 0 spiro atoms. The predicted octanol–water partition coefficient (Wildman–Crippen LogP) is 9.20. The Hall–Kier alpha value is -4.76. The van der Waals surface area contributed by atoms with Crippen LogP contribution in [-0.4, -0.2) is 10.2 Å². The minimum Gasteiger partial charge on any atom is -0.376 e. The highest BCUT2D eigenvalue weighted by Crippen LogP contribution is 2.54. The van der Waals surface area contributed by atoms with Gasteiger partial charge in [0.1, 0.15) is 11.2 Å². The van der Waals surface area contributed by atoms with Gasteiger partial charge in [-0.1, -0.05) is 172 Å². The van der Waals surface area contributed by atoms with E-state index in [0.29, 0.717) is 22.3 Å². The van der Waals surface area contributed by atoms with Gasteiger partial charge in [-0.3, -0.25) is 0 Å². The average molecular weight is 573 g/mol. The molecule has 0 radical (unpaired) electrons. The van der Waals surface area contributed by atoms with Gasteiger partial charge in [-0.05, 0) is 66.6 Å². The van der Waals surface area contributed by atoms with Gasteiger partial charge in [-0.2, -0.15) is 0 Å². The molecule has 6 aromatic rings. The first-order valence-electron chi connectivity index (χ1n) is 15.2. The van der Waals surface area contributed by atoms with Crippen LogP contribution in [0.5, 0.6) is 0 Å². The van der Waals surface area contributed by atoms with Crippen molar-refractivity contribution in [2.45, 2.75) is 37.4 Å². The molecule has 2 heteroatoms. The summed E-state index contributed by atoms with van der Waals surface area (Å²) in [7, 11) is 0. The van der Waals surface area contributed by atoms with Crippen LogP contribution in [0, 0.1) is 0 Å². The van der Waals surface area contributed by atoms with Gasteiger partial charge in [0.15, 0.2) is 0 Å². The molecule has 7 rings (SSSR count). The van der Waals surface area contributed by atoms with Crippen LogP contribution in [0.4, 0.5) is 0 Å². The molecule has 0 aromatic heterocycles. The van der Waals surface area contributed by atoms with Gasteiger partial charge in [0, 0.05) is 0 Å². The fourth-order valence-electron chi connectivity index (χ4n) is 6.72. The van der Waals surface area contributed by atoms with Crippen LogP contribution in [0.2, 0.25) is 0 Å². The van der Waals surface area contributed by atoms with E-state index >= 15 is 0 Å². The zero-order chi connectivity index (χ0) is 30.5. The van der Waals surface area contributed by atoms with Gasteiger partial charge in [0.2, 0.25) is 0 Å². The molecule has 2 atom stereocenters. The highest BCUT2D eigenvalue weighted by Gasteiger charge is 2.51. The zero-order valence-corrected chi connectivity index (χ0v) is 25.3. The van der Waals surface area contributed by atoms with E-state index in [1.165, 1.54) is 0 Å². The maximum atomic E-state index is 13.1. The minimum absolute atomic E-state index is 0.153. The largest absolute Gasteiger partial charge is 0.376 e. The smallest absolute Gasteiger partial charge is 0.141 e. The van der Waals surface area contributed by atoms with Crippen molar-refractivity contribution < 1.29 is 10.2 Å². The Balaban J connectivity index is 1.45. The molecule has 0 bridgehead atoms. The van der Waals surface area contributed by atoms with Crippen molar-refractivity contribution in [3.8, 4) is 22.3 Å². The third-order valence-corrected chi connectivity index (χ3v) is 9.19. The molecule has 2 nitrogen and oxygen atoms in total. The van der Waals surface area contributed by atoms with Crippen LogP contribution in [0.1, 0.15) is 59.7 Å². The summed E-state index contributed by atoms with van der Waals surface area (Å²) in [5.41, 5.74) is 6.69. The highest BCUT2D eigenvalue weighted by molar-refractivity contribution is 5.70. The lowest BCUT2D eigenvalue weighted by Crippen LogP contribution is -2.44. The number of fused-ring (bicyclic) bond motifs is 2. The average Bonchev–Trinajstić information content (AvgIpc) is 3.07. The normalized spacial score (nSPS) is 19.2. The summed E-state index contributed by atoms with van der Waals surface area (Å²) in [6.45, 7) is 6.52. The zero-order valence-electron chi connectivity index (χ0n) is 25.3. The fraction of sp³-hybridized carbons (Fsp3) is 0.143. The maximum Gasteiger partial charge on any atom is 0.141 e. The summed E-state index contributed by atoms with van der Waals surface area (Å²) in [4.78, 5) is 0. The monoisotopic (exact) mass is 572 g/mol. The van der Waals surface area contributed by atoms with Crippen molar-refractivity contribution in [3.63, 3.8) is 0 Å². The van der Waals surface area contributed by atoms with E-state index in [0.717, 1.165) is 38.9 Å². The molecule has 0 aliphatic heterocycles. The SMILES string of the molecule is CC(C)(C)c1ccc2c(c1)C(O)(c1ccc(-c3ccccc3)cc1)c1ccccc1C2(O)c1ccc(-c2ccccc2)cc1. The second-order valence-electron chi connectivity index (χ2n) is 12.9. The third-order valence-electron chi connectivity index (χ3n) is 9.19. The van der Waals surface area contributed by atoms with Crippen LogP contribution >= 0.6 is 0 Å². The van der Waals surface area contributed by atoms with E-state index < -0.39 is 11.2 Å². The predicted molar refractivity (Wildman–Crippen MR) is 180 cm³/mol. The van der Waals surface area contributed by atoms with Gasteiger partial charge < -0.3 is 10.2 Å². The Morgan fingerprint density at radius 2 is 0.750 bits per heavy atom. The lowest BCUT2D eigenvalue weighted by molar-refractivity contribution is 0.0746. The van der Waals surface area contributed by atoms with Crippen molar-refractivity contribution in [3.05, 3.63) is 191 Å². The second-order valence-corrected chi connectivity index (χ2v) is 12.9. The molecule has 0 heterocycles. The van der Waals surface area contributed by atoms with Gasteiger partial charge >= 0.3 is 0 Å². The topological polar surface area (TPSA) is 40.5 Å². The number of aliphatic hydroxyl groups is 2. The Labute approximate surface area is 259 Å². The van der Waals surface area contributed by atoms with Gasteiger partial charge in [-0.25, -0.2) is 0 Å². The summed E-state index contributed by atoms with van der Waals surface area (Å²) in [6, 6.07) is 50.9. The van der Waals surface area contributed by atoms with Crippen LogP contribution < -0.4 is 0 Å². The quantitative estimate of drug-likeness (QED) is 0.221. The summed E-state index contributed by atoms with van der Waals surface area (Å²) in [5, 5.41) is 26.0. The number of hydrogen-bond donors (Lipinski definition) is 2. The molecule has 1 aliphatic carbocycles. The molecule has 6 aromatic carbocycles. The molecular weight excluding hydrogens is 536 g/mol. The van der Waals surface area contributed by atoms with Crippen molar-refractivity contribution in [1.29, 1.82) is 0 Å². The second kappa shape index (κ2) is 10.4. The molecule has 2 unspecified atom stereocenters. The number of rotatable bonds is 4. The third kappa shape index (κ3) is 4.42. The molecule has 2 N–H and O–H groups in total. The molecule has 0 amide bonds. The number of benzene rings is 6. The standard InChI is InChI=1S/C42H36O2/c1-40(2,3)35-26-27-38-39(28-35)42(44,34-24-20-32(21-25-34)30-14-8-5-9-15-30)37-17-11-10-16-36(37)41(38,43)33-22-18-31(19-23-33)29-12-6-4-7-13-29/h4-28,43-44H,1-3H3. The van der Waals surface area contributed by atoms with Crippen molar-refractivity contribution in [1.82, 2.24) is 0 Å². The molecule has 0 saturated carbocycles. The summed E-state index contributed by atoms with van der Waals surface area (Å²) < 4.78 is 0. The van der Waals surface area contributed by atoms with Crippen LogP contribution in [0.25, 0.3) is 22.3 Å². The lowest BCUT2D eigenvalue weighted by Gasteiger charge is -2.45. The van der Waals surface area contributed by atoms with Gasteiger partial charge in [0.25, 0.3) is 0 Å². The Morgan fingerprint density at radius 1 is 0.386 bits per heavy atom. The van der Waals surface area contributed by atoms with Crippen LogP contribution in [0.3, 0.4) is 0 Å². The van der Waals surface area contributed by atoms with E-state index in [4.69, 9.17) is 0 Å². The van der Waals surface area contributed by atoms with E-state index in [2.05, 4.69) is 81.4 Å². The van der Waals surface area contributed by atoms with Crippen molar-refractivity contribution in [2.75, 3.05) is 0 Å². The molecule has 1 aliphatic rings. The van der Waals surface area contributed by atoms with Gasteiger partial charge in [0.05, 0.1) is 0 Å². The number of hydrogen-bond acceptors (Lipinski definition) is 2. The maximum absolute atomic E-state index is 13.1. The Bertz CT molecular complexity index is 1940. The van der Waals surface area contributed by atoms with Crippen LogP contribution in [0.15, 0.2) is 152 Å². The van der Waals surface area contributed by atoms with E-state index in [-0.39, 0.29) is 5.41 Å². The van der Waals surface area contributed by atoms with E-state index in [1.54, 1.807) is 0 Å². The molecule has 44 heavy (non-hydrogen) atoms. The summed E-state index contributed by atoms with van der Waals surface area (Å²) in [6.07, 6.45) is 0. The molecule has 0 saturated heterocycles. The lowest BCUT2D eigenvalue weighted by atomic mass is 9.62. The molecular formula is C42H36O2. The Morgan fingerprint density at radius 3 is 1.18 bits per heavy atom. The fourth-order valence-corrected chi connectivity index (χ4v) is 6.72. The summed E-state index contributed by atoms with van der Waals surface area (Å²) in [5.74, 6) is 0. The summed E-state index contributed by atoms with van der Waals surface area (Å²) >= 11 is 0. The first-order chi connectivity index (χ1) is 21.2.